The number of anilines is 1. The normalized spacial score (nSPS) is 22.1. The van der Waals surface area contributed by atoms with Gasteiger partial charge in [-0.1, -0.05) is 12.1 Å². The summed E-state index contributed by atoms with van der Waals surface area (Å²) in [7, 11) is 0. The minimum absolute atomic E-state index is 0.124. The predicted octanol–water partition coefficient (Wildman–Crippen LogP) is 1.48. The molecule has 0 unspecified atom stereocenters. The van der Waals surface area contributed by atoms with Crippen LogP contribution in [0.15, 0.2) is 24.3 Å². The summed E-state index contributed by atoms with van der Waals surface area (Å²) >= 11 is 0. The summed E-state index contributed by atoms with van der Waals surface area (Å²) in [5.74, 6) is 0. The second kappa shape index (κ2) is 6.57. The average Bonchev–Trinajstić information content (AvgIpc) is 2.56. The Morgan fingerprint density at radius 1 is 1.00 bits per heavy atom. The highest BCUT2D eigenvalue weighted by Gasteiger charge is 2.25. The fourth-order valence-corrected chi connectivity index (χ4v) is 3.24. The first-order valence-electron chi connectivity index (χ1n) is 7.63. The molecule has 1 aromatic carbocycles. The molecule has 0 aliphatic carbocycles. The van der Waals surface area contributed by atoms with Gasteiger partial charge in [0.1, 0.15) is 0 Å². The van der Waals surface area contributed by atoms with Crippen molar-refractivity contribution in [2.75, 3.05) is 44.3 Å². The van der Waals surface area contributed by atoms with E-state index >= 15 is 0 Å². The highest BCUT2D eigenvalue weighted by molar-refractivity contribution is 5.48. The van der Waals surface area contributed by atoms with E-state index in [0.717, 1.165) is 51.0 Å². The minimum atomic E-state index is 0.124. The Hall–Kier alpha value is -1.10. The third kappa shape index (κ3) is 3.14. The maximum Gasteiger partial charge on any atom is 0.0681 e. The number of morpholine rings is 1. The molecule has 110 valence electrons. The molecule has 4 heteroatoms. The molecule has 0 spiro atoms. The lowest BCUT2D eigenvalue weighted by Gasteiger charge is -2.40. The molecule has 4 nitrogen and oxygen atoms in total. The Morgan fingerprint density at radius 2 is 1.65 bits per heavy atom. The van der Waals surface area contributed by atoms with Crippen molar-refractivity contribution in [1.29, 1.82) is 0 Å². The van der Waals surface area contributed by atoms with Crippen molar-refractivity contribution in [1.82, 2.24) is 4.90 Å². The van der Waals surface area contributed by atoms with E-state index in [1.54, 1.807) is 0 Å². The lowest BCUT2D eigenvalue weighted by Crippen LogP contribution is -2.49. The molecule has 2 aliphatic heterocycles. The van der Waals surface area contributed by atoms with Gasteiger partial charge in [0.25, 0.3) is 0 Å². The van der Waals surface area contributed by atoms with E-state index in [1.807, 2.05) is 12.1 Å². The van der Waals surface area contributed by atoms with Gasteiger partial charge in [-0.25, -0.2) is 0 Å². The SMILES string of the molecule is OCc1ccc(N2CCC(N3CCOCC3)CC2)cc1. The fraction of sp³-hybridized carbons (Fsp3) is 0.625. The Morgan fingerprint density at radius 3 is 2.25 bits per heavy atom. The van der Waals surface area contributed by atoms with Gasteiger partial charge in [0.05, 0.1) is 19.8 Å². The van der Waals surface area contributed by atoms with Gasteiger partial charge in [0, 0.05) is 37.9 Å². The molecule has 0 amide bonds. The van der Waals surface area contributed by atoms with Crippen LogP contribution < -0.4 is 4.90 Å². The van der Waals surface area contributed by atoms with E-state index in [4.69, 9.17) is 9.84 Å². The summed E-state index contributed by atoms with van der Waals surface area (Å²) in [5, 5.41) is 9.09. The molecule has 2 aliphatic rings. The number of aliphatic hydroxyl groups is 1. The van der Waals surface area contributed by atoms with Crippen LogP contribution >= 0.6 is 0 Å². The van der Waals surface area contributed by atoms with Crippen LogP contribution in [0.2, 0.25) is 0 Å². The van der Waals surface area contributed by atoms with E-state index in [2.05, 4.69) is 21.9 Å². The molecule has 1 N–H and O–H groups in total. The van der Waals surface area contributed by atoms with Gasteiger partial charge in [-0.2, -0.15) is 0 Å². The molecule has 0 atom stereocenters. The second-order valence-electron chi connectivity index (χ2n) is 5.69. The van der Waals surface area contributed by atoms with Crippen molar-refractivity contribution < 1.29 is 9.84 Å². The van der Waals surface area contributed by atoms with Crippen molar-refractivity contribution in [3.8, 4) is 0 Å². The maximum absolute atomic E-state index is 9.09. The molecule has 2 fully saturated rings. The smallest absolute Gasteiger partial charge is 0.0681 e. The lowest BCUT2D eigenvalue weighted by atomic mass is 10.0. The maximum atomic E-state index is 9.09. The summed E-state index contributed by atoms with van der Waals surface area (Å²) in [6, 6.07) is 9.01. The van der Waals surface area contributed by atoms with Crippen LogP contribution in [0.1, 0.15) is 18.4 Å². The van der Waals surface area contributed by atoms with Gasteiger partial charge < -0.3 is 14.7 Å². The number of ether oxygens (including phenoxy) is 1. The van der Waals surface area contributed by atoms with E-state index in [-0.39, 0.29) is 6.61 Å². The van der Waals surface area contributed by atoms with Crippen molar-refractivity contribution in [2.45, 2.75) is 25.5 Å². The Labute approximate surface area is 120 Å². The van der Waals surface area contributed by atoms with Crippen molar-refractivity contribution in [3.05, 3.63) is 29.8 Å². The first-order chi connectivity index (χ1) is 9.86. The lowest BCUT2D eigenvalue weighted by molar-refractivity contribution is 0.0115. The van der Waals surface area contributed by atoms with Crippen LogP contribution in [-0.2, 0) is 11.3 Å². The summed E-state index contributed by atoms with van der Waals surface area (Å²) < 4.78 is 5.43. The zero-order valence-corrected chi connectivity index (χ0v) is 12.0. The number of hydrogen-bond acceptors (Lipinski definition) is 4. The minimum Gasteiger partial charge on any atom is -0.392 e. The average molecular weight is 276 g/mol. The molecule has 2 heterocycles. The van der Waals surface area contributed by atoms with Crippen LogP contribution in [0.25, 0.3) is 0 Å². The molecule has 2 saturated heterocycles. The standard InChI is InChI=1S/C16H24N2O2/c19-13-14-1-3-15(4-2-14)17-7-5-16(6-8-17)18-9-11-20-12-10-18/h1-4,16,19H,5-13H2. The summed E-state index contributed by atoms with van der Waals surface area (Å²) in [6.07, 6.45) is 2.48. The molecular formula is C16H24N2O2. The largest absolute Gasteiger partial charge is 0.392 e. The molecular weight excluding hydrogens is 252 g/mol. The monoisotopic (exact) mass is 276 g/mol. The van der Waals surface area contributed by atoms with Gasteiger partial charge in [-0.05, 0) is 30.5 Å². The van der Waals surface area contributed by atoms with Crippen LogP contribution in [0.4, 0.5) is 5.69 Å². The highest BCUT2D eigenvalue weighted by atomic mass is 16.5. The van der Waals surface area contributed by atoms with Crippen molar-refractivity contribution in [3.63, 3.8) is 0 Å². The van der Waals surface area contributed by atoms with Crippen LogP contribution in [0.5, 0.6) is 0 Å². The molecule has 3 rings (SSSR count). The zero-order chi connectivity index (χ0) is 13.8. The summed E-state index contributed by atoms with van der Waals surface area (Å²) in [4.78, 5) is 5.05. The molecule has 0 saturated carbocycles. The summed E-state index contributed by atoms with van der Waals surface area (Å²) in [6.45, 7) is 6.35. The van der Waals surface area contributed by atoms with E-state index in [1.165, 1.54) is 18.5 Å². The fourth-order valence-electron chi connectivity index (χ4n) is 3.24. The number of nitrogens with zero attached hydrogens (tertiary/aromatic N) is 2. The van der Waals surface area contributed by atoms with Gasteiger partial charge >= 0.3 is 0 Å². The van der Waals surface area contributed by atoms with Crippen molar-refractivity contribution >= 4 is 5.69 Å². The number of hydrogen-bond donors (Lipinski definition) is 1. The number of rotatable bonds is 3. The zero-order valence-electron chi connectivity index (χ0n) is 12.0. The van der Waals surface area contributed by atoms with E-state index < -0.39 is 0 Å². The number of piperidine rings is 1. The van der Waals surface area contributed by atoms with E-state index in [9.17, 15) is 0 Å². The summed E-state index contributed by atoms with van der Waals surface area (Å²) in [5.41, 5.74) is 2.26. The second-order valence-corrected chi connectivity index (χ2v) is 5.69. The van der Waals surface area contributed by atoms with E-state index in [0.29, 0.717) is 0 Å². The first-order valence-corrected chi connectivity index (χ1v) is 7.63. The molecule has 0 radical (unpaired) electrons. The van der Waals surface area contributed by atoms with Gasteiger partial charge in [0.2, 0.25) is 0 Å². The van der Waals surface area contributed by atoms with Crippen LogP contribution in [-0.4, -0.2) is 55.4 Å². The predicted molar refractivity (Wildman–Crippen MR) is 80.0 cm³/mol. The molecule has 0 aromatic heterocycles. The molecule has 20 heavy (non-hydrogen) atoms. The van der Waals surface area contributed by atoms with Crippen molar-refractivity contribution in [2.24, 2.45) is 0 Å². The van der Waals surface area contributed by atoms with Crippen LogP contribution in [0.3, 0.4) is 0 Å². The van der Waals surface area contributed by atoms with Gasteiger partial charge in [-0.15, -0.1) is 0 Å². The molecule has 0 bridgehead atoms. The quantitative estimate of drug-likeness (QED) is 0.907. The Bertz CT molecular complexity index is 407. The highest BCUT2D eigenvalue weighted by Crippen LogP contribution is 2.23. The third-order valence-corrected chi connectivity index (χ3v) is 4.51. The van der Waals surface area contributed by atoms with Crippen LogP contribution in [0, 0.1) is 0 Å². The Balaban J connectivity index is 1.54. The van der Waals surface area contributed by atoms with Gasteiger partial charge in [-0.3, -0.25) is 4.90 Å². The first kappa shape index (κ1) is 13.9. The Kier molecular flexibility index (Phi) is 4.55. The topological polar surface area (TPSA) is 35.9 Å². The number of benzene rings is 1. The third-order valence-electron chi connectivity index (χ3n) is 4.51. The molecule has 1 aromatic rings. The van der Waals surface area contributed by atoms with Gasteiger partial charge in [0.15, 0.2) is 0 Å². The number of aliphatic hydroxyl groups excluding tert-OH is 1.